The van der Waals surface area contributed by atoms with E-state index < -0.39 is 17.6 Å². The van der Waals surface area contributed by atoms with Crippen molar-refractivity contribution in [3.63, 3.8) is 0 Å². The van der Waals surface area contributed by atoms with E-state index in [0.29, 0.717) is 18.5 Å². The first kappa shape index (κ1) is 18.5. The zero-order valence-corrected chi connectivity index (χ0v) is 14.9. The van der Waals surface area contributed by atoms with Crippen LogP contribution in [0.3, 0.4) is 0 Å². The van der Waals surface area contributed by atoms with Gasteiger partial charge in [0.2, 0.25) is 0 Å². The van der Waals surface area contributed by atoms with E-state index in [0.717, 1.165) is 27.7 Å². The number of amides is 1. The van der Waals surface area contributed by atoms with Gasteiger partial charge in [-0.05, 0) is 54.3 Å². The number of hydrogen-bond acceptors (Lipinski definition) is 1. The van der Waals surface area contributed by atoms with Crippen molar-refractivity contribution in [2.75, 3.05) is 5.32 Å². The van der Waals surface area contributed by atoms with Gasteiger partial charge in [0.15, 0.2) is 0 Å². The lowest BCUT2D eigenvalue weighted by Crippen LogP contribution is -2.16. The van der Waals surface area contributed by atoms with Gasteiger partial charge in [0, 0.05) is 15.7 Å². The van der Waals surface area contributed by atoms with E-state index in [9.17, 15) is 18.0 Å². The van der Waals surface area contributed by atoms with Crippen LogP contribution >= 0.6 is 15.9 Å². The quantitative estimate of drug-likeness (QED) is 0.686. The van der Waals surface area contributed by atoms with Crippen LogP contribution in [0.25, 0.3) is 0 Å². The van der Waals surface area contributed by atoms with Gasteiger partial charge >= 0.3 is 6.18 Å². The van der Waals surface area contributed by atoms with Crippen LogP contribution in [0.15, 0.2) is 40.9 Å². The molecule has 0 heterocycles. The molecule has 0 aliphatic carbocycles. The van der Waals surface area contributed by atoms with Crippen LogP contribution in [-0.4, -0.2) is 5.91 Å². The molecule has 0 saturated carbocycles. The van der Waals surface area contributed by atoms with Crippen LogP contribution < -0.4 is 5.32 Å². The first-order chi connectivity index (χ1) is 11.3. The summed E-state index contributed by atoms with van der Waals surface area (Å²) < 4.78 is 39.3. The van der Waals surface area contributed by atoms with Gasteiger partial charge < -0.3 is 5.32 Å². The van der Waals surface area contributed by atoms with Crippen molar-refractivity contribution < 1.29 is 18.0 Å². The molecule has 0 aromatic heterocycles. The lowest BCUT2D eigenvalue weighted by atomic mass is 10.0. The Bertz CT molecular complexity index is 731. The average molecular weight is 400 g/mol. The Labute approximate surface area is 147 Å². The summed E-state index contributed by atoms with van der Waals surface area (Å²) in [5.74, 6) is -0.548. The zero-order valence-electron chi connectivity index (χ0n) is 13.3. The fourth-order valence-corrected chi connectivity index (χ4v) is 3.02. The standard InChI is InChI=1S/C18H17BrF3NO/c1-3-11-9-15(19)10-12(4-2)16(11)23-17(24)13-6-5-7-14(8-13)18(20,21)22/h5-10H,3-4H2,1-2H3,(H,23,24). The zero-order chi connectivity index (χ0) is 17.9. The first-order valence-corrected chi connectivity index (χ1v) is 8.35. The summed E-state index contributed by atoms with van der Waals surface area (Å²) >= 11 is 3.43. The van der Waals surface area contributed by atoms with Gasteiger partial charge in [-0.1, -0.05) is 35.8 Å². The van der Waals surface area contributed by atoms with E-state index in [-0.39, 0.29) is 5.56 Å². The number of anilines is 1. The van der Waals surface area contributed by atoms with Crippen molar-refractivity contribution >= 4 is 27.5 Å². The van der Waals surface area contributed by atoms with Gasteiger partial charge in [-0.3, -0.25) is 4.79 Å². The second-order valence-corrected chi connectivity index (χ2v) is 6.25. The fraction of sp³-hybridized carbons (Fsp3) is 0.278. The summed E-state index contributed by atoms with van der Waals surface area (Å²) in [6.07, 6.45) is -3.08. The topological polar surface area (TPSA) is 29.1 Å². The molecule has 0 radical (unpaired) electrons. The van der Waals surface area contributed by atoms with Gasteiger partial charge in [-0.15, -0.1) is 0 Å². The summed E-state index contributed by atoms with van der Waals surface area (Å²) in [7, 11) is 0. The van der Waals surface area contributed by atoms with Crippen molar-refractivity contribution in [2.24, 2.45) is 0 Å². The molecule has 0 saturated heterocycles. The molecule has 128 valence electrons. The minimum Gasteiger partial charge on any atom is -0.321 e. The molecular weight excluding hydrogens is 383 g/mol. The van der Waals surface area contributed by atoms with Crippen LogP contribution in [-0.2, 0) is 19.0 Å². The number of carbonyl (C=O) groups is 1. The molecule has 0 aliphatic heterocycles. The molecule has 6 heteroatoms. The van der Waals surface area contributed by atoms with Crippen molar-refractivity contribution in [3.8, 4) is 0 Å². The highest BCUT2D eigenvalue weighted by Gasteiger charge is 2.31. The van der Waals surface area contributed by atoms with E-state index in [4.69, 9.17) is 0 Å². The van der Waals surface area contributed by atoms with E-state index in [2.05, 4.69) is 21.2 Å². The minimum atomic E-state index is -4.48. The molecule has 0 aliphatic rings. The minimum absolute atomic E-state index is 0.0168. The van der Waals surface area contributed by atoms with Crippen LogP contribution in [0.2, 0.25) is 0 Å². The van der Waals surface area contributed by atoms with Crippen LogP contribution in [0.5, 0.6) is 0 Å². The molecule has 1 amide bonds. The van der Waals surface area contributed by atoms with E-state index in [1.807, 2.05) is 26.0 Å². The number of benzene rings is 2. The van der Waals surface area contributed by atoms with Crippen molar-refractivity contribution in [1.29, 1.82) is 0 Å². The second-order valence-electron chi connectivity index (χ2n) is 5.34. The van der Waals surface area contributed by atoms with Crippen LogP contribution in [0.1, 0.15) is 40.9 Å². The second kappa shape index (κ2) is 7.38. The summed E-state index contributed by atoms with van der Waals surface area (Å²) in [5, 5.41) is 2.78. The average Bonchev–Trinajstić information content (AvgIpc) is 2.55. The summed E-state index contributed by atoms with van der Waals surface area (Å²) in [4.78, 5) is 12.4. The maximum atomic E-state index is 12.8. The first-order valence-electron chi connectivity index (χ1n) is 7.56. The number of nitrogens with one attached hydrogen (secondary N) is 1. The molecule has 0 fully saturated rings. The molecule has 2 nitrogen and oxygen atoms in total. The van der Waals surface area contributed by atoms with Crippen molar-refractivity contribution in [3.05, 3.63) is 63.1 Å². The van der Waals surface area contributed by atoms with Gasteiger partial charge in [0.05, 0.1) is 5.56 Å². The number of rotatable bonds is 4. The maximum absolute atomic E-state index is 12.8. The van der Waals surface area contributed by atoms with E-state index in [1.54, 1.807) is 0 Å². The Hall–Kier alpha value is -1.82. The molecular formula is C18H17BrF3NO. The molecule has 2 aromatic carbocycles. The summed E-state index contributed by atoms with van der Waals surface area (Å²) in [5.41, 5.74) is 1.68. The molecule has 0 unspecified atom stereocenters. The van der Waals surface area contributed by atoms with Gasteiger partial charge in [0.1, 0.15) is 0 Å². The van der Waals surface area contributed by atoms with E-state index in [1.165, 1.54) is 12.1 Å². The third-order valence-electron chi connectivity index (χ3n) is 3.72. The maximum Gasteiger partial charge on any atom is 0.416 e. The van der Waals surface area contributed by atoms with Crippen molar-refractivity contribution in [1.82, 2.24) is 0 Å². The summed E-state index contributed by atoms with van der Waals surface area (Å²) in [6, 6.07) is 8.24. The third kappa shape index (κ3) is 4.17. The SMILES string of the molecule is CCc1cc(Br)cc(CC)c1NC(=O)c1cccc(C(F)(F)F)c1. The monoisotopic (exact) mass is 399 g/mol. The highest BCUT2D eigenvalue weighted by Crippen LogP contribution is 2.31. The number of alkyl halides is 3. The predicted octanol–water partition coefficient (Wildman–Crippen LogP) is 5.85. The number of hydrogen-bond donors (Lipinski definition) is 1. The predicted molar refractivity (Wildman–Crippen MR) is 92.3 cm³/mol. The van der Waals surface area contributed by atoms with Crippen molar-refractivity contribution in [2.45, 2.75) is 32.9 Å². The molecule has 0 bridgehead atoms. The Morgan fingerprint density at radius 3 is 2.17 bits per heavy atom. The largest absolute Gasteiger partial charge is 0.416 e. The smallest absolute Gasteiger partial charge is 0.321 e. The molecule has 24 heavy (non-hydrogen) atoms. The number of carbonyl (C=O) groups excluding carboxylic acids is 1. The summed E-state index contributed by atoms with van der Waals surface area (Å²) in [6.45, 7) is 3.92. The molecule has 2 rings (SSSR count). The number of aryl methyl sites for hydroxylation is 2. The fourth-order valence-electron chi connectivity index (χ4n) is 2.47. The highest BCUT2D eigenvalue weighted by molar-refractivity contribution is 9.10. The highest BCUT2D eigenvalue weighted by atomic mass is 79.9. The van der Waals surface area contributed by atoms with Gasteiger partial charge in [0.25, 0.3) is 5.91 Å². The van der Waals surface area contributed by atoms with Crippen LogP contribution in [0.4, 0.5) is 18.9 Å². The van der Waals surface area contributed by atoms with Crippen LogP contribution in [0, 0.1) is 0 Å². The molecule has 0 atom stereocenters. The molecule has 1 N–H and O–H groups in total. The van der Waals surface area contributed by atoms with Gasteiger partial charge in [-0.2, -0.15) is 13.2 Å². The lowest BCUT2D eigenvalue weighted by molar-refractivity contribution is -0.137. The Morgan fingerprint density at radius 1 is 1.08 bits per heavy atom. The molecule has 0 spiro atoms. The molecule has 2 aromatic rings. The normalized spacial score (nSPS) is 11.4. The van der Waals surface area contributed by atoms with E-state index >= 15 is 0 Å². The Balaban J connectivity index is 2.37. The van der Waals surface area contributed by atoms with Gasteiger partial charge in [-0.25, -0.2) is 0 Å². The lowest BCUT2D eigenvalue weighted by Gasteiger charge is -2.16. The Morgan fingerprint density at radius 2 is 1.67 bits per heavy atom. The Kier molecular flexibility index (Phi) is 5.70. The third-order valence-corrected chi connectivity index (χ3v) is 4.18. The number of halogens is 4.